The Balaban J connectivity index is -0.000000281. The van der Waals surface area contributed by atoms with Crippen LogP contribution >= 0.6 is 0 Å². The molecule has 2 aromatic heterocycles. The van der Waals surface area contributed by atoms with E-state index in [4.69, 9.17) is 0 Å². The van der Waals surface area contributed by atoms with Crippen LogP contribution in [0.5, 0.6) is 0 Å². The summed E-state index contributed by atoms with van der Waals surface area (Å²) < 4.78 is 0. The zero-order chi connectivity index (χ0) is 19.4. The van der Waals surface area contributed by atoms with E-state index in [-0.39, 0.29) is 11.0 Å². The molecule has 24 heavy (non-hydrogen) atoms. The maximum Gasteiger partial charge on any atom is 0.251 e. The van der Waals surface area contributed by atoms with E-state index in [0.717, 1.165) is 24.0 Å². The number of aryl methyl sites for hydroxylation is 2. The molecule has 0 fully saturated rings. The largest absolute Gasteiger partial charge is 0.367 e. The van der Waals surface area contributed by atoms with Crippen LogP contribution < -0.4 is 11.0 Å². The number of hydrogen-bond donors (Lipinski definition) is 2. The van der Waals surface area contributed by atoms with Crippen molar-refractivity contribution in [1.82, 2.24) is 9.97 Å². The molecule has 0 unspecified atom stereocenters. The molecule has 2 rings (SSSR count). The van der Waals surface area contributed by atoms with Gasteiger partial charge in [0.05, 0.1) is 0 Å². The lowest BCUT2D eigenvalue weighted by molar-refractivity contribution is 1.06. The van der Waals surface area contributed by atoms with Crippen LogP contribution in [-0.4, -0.2) is 9.97 Å². The molecule has 0 saturated carbocycles. The molecule has 138 valence electrons. The third-order valence-electron chi connectivity index (χ3n) is 2.57. The monoisotopic (exact) mass is 336 g/mol. The number of H-pyrrole nitrogens is 2. The first kappa shape index (κ1) is 26.8. The van der Waals surface area contributed by atoms with Gasteiger partial charge in [-0.15, -0.1) is 0 Å². The number of rotatable bonds is 2. The Kier molecular flexibility index (Phi) is 23.3. The van der Waals surface area contributed by atoms with E-state index in [1.807, 2.05) is 67.5 Å². The Morgan fingerprint density at radius 3 is 1.67 bits per heavy atom. The number of pyridine rings is 2. The fourth-order valence-corrected chi connectivity index (χ4v) is 1.46. The summed E-state index contributed by atoms with van der Waals surface area (Å²) >= 11 is 0. The molecule has 2 aromatic rings. The first-order valence-electron chi connectivity index (χ1n) is 9.01. The van der Waals surface area contributed by atoms with Gasteiger partial charge in [-0.25, -0.2) is 0 Å². The van der Waals surface area contributed by atoms with Crippen LogP contribution in [0.3, 0.4) is 0 Å². The van der Waals surface area contributed by atoms with E-state index in [9.17, 15) is 9.59 Å². The van der Waals surface area contributed by atoms with Gasteiger partial charge in [-0.05, 0) is 18.9 Å². The zero-order valence-electron chi connectivity index (χ0n) is 16.7. The topological polar surface area (TPSA) is 65.7 Å². The van der Waals surface area contributed by atoms with Crippen molar-refractivity contribution >= 4 is 0 Å². The summed E-state index contributed by atoms with van der Waals surface area (Å²) in [5.74, 6) is 0. The van der Waals surface area contributed by atoms with Crippen molar-refractivity contribution in [3.63, 3.8) is 0 Å². The molecule has 2 N–H and O–H groups in total. The van der Waals surface area contributed by atoms with Gasteiger partial charge in [-0.3, -0.25) is 9.59 Å². The maximum atomic E-state index is 10.8. The van der Waals surface area contributed by atoms with Gasteiger partial charge in [0.15, 0.2) is 5.43 Å². The SMILES string of the molecule is CC.CC.CC.CCc1c[nH]ccc1=O.CCc1ccc[nH]c1=O. The molecular weight excluding hydrogens is 300 g/mol. The number of nitrogens with one attached hydrogen (secondary N) is 2. The lowest BCUT2D eigenvalue weighted by Crippen LogP contribution is -2.09. The molecule has 0 bridgehead atoms. The summed E-state index contributed by atoms with van der Waals surface area (Å²) in [4.78, 5) is 27.1. The van der Waals surface area contributed by atoms with Gasteiger partial charge in [0.1, 0.15) is 0 Å². The molecule has 0 aliphatic heterocycles. The van der Waals surface area contributed by atoms with Gasteiger partial charge in [0.2, 0.25) is 0 Å². The van der Waals surface area contributed by atoms with Crippen LogP contribution in [0.25, 0.3) is 0 Å². The minimum atomic E-state index is 0.0278. The number of aromatic nitrogens is 2. The minimum Gasteiger partial charge on any atom is -0.367 e. The van der Waals surface area contributed by atoms with Crippen LogP contribution in [0, 0.1) is 0 Å². The summed E-state index contributed by atoms with van der Waals surface area (Å²) in [7, 11) is 0. The first-order valence-corrected chi connectivity index (χ1v) is 9.01. The van der Waals surface area contributed by atoms with Crippen LogP contribution in [0.15, 0.2) is 46.4 Å². The van der Waals surface area contributed by atoms with Gasteiger partial charge < -0.3 is 9.97 Å². The fraction of sp³-hybridized carbons (Fsp3) is 0.500. The molecule has 0 amide bonds. The molecule has 0 radical (unpaired) electrons. The highest BCUT2D eigenvalue weighted by atomic mass is 16.1. The van der Waals surface area contributed by atoms with Gasteiger partial charge in [-0.2, -0.15) is 0 Å². The second-order valence-electron chi connectivity index (χ2n) is 3.77. The predicted octanol–water partition coefficient (Wildman–Crippen LogP) is 4.95. The van der Waals surface area contributed by atoms with E-state index >= 15 is 0 Å². The second kappa shape index (κ2) is 20.9. The highest BCUT2D eigenvalue weighted by molar-refractivity contribution is 5.08. The van der Waals surface area contributed by atoms with E-state index in [2.05, 4.69) is 9.97 Å². The molecule has 0 saturated heterocycles. The maximum absolute atomic E-state index is 10.8. The van der Waals surface area contributed by atoms with Crippen molar-refractivity contribution in [2.45, 2.75) is 68.2 Å². The lowest BCUT2D eigenvalue weighted by atomic mass is 10.2. The molecule has 0 aliphatic carbocycles. The molecule has 0 aliphatic rings. The highest BCUT2D eigenvalue weighted by Crippen LogP contribution is 1.87. The Morgan fingerprint density at radius 1 is 0.792 bits per heavy atom. The van der Waals surface area contributed by atoms with Crippen molar-refractivity contribution in [2.75, 3.05) is 0 Å². The van der Waals surface area contributed by atoms with Crippen LogP contribution in [-0.2, 0) is 12.8 Å². The third-order valence-corrected chi connectivity index (χ3v) is 2.57. The molecule has 4 nitrogen and oxygen atoms in total. The number of aromatic amines is 2. The average molecular weight is 337 g/mol. The standard InChI is InChI=1S/2C7H9NO.3C2H6/c1-2-6-5-8-4-3-7(6)9;1-2-6-4-3-5-8-7(6)9;3*1-2/h2*3-5H,2H2,1H3,(H,8,9);3*1-2H3. The van der Waals surface area contributed by atoms with Gasteiger partial charge in [-0.1, -0.05) is 61.5 Å². The minimum absolute atomic E-state index is 0.0278. The van der Waals surface area contributed by atoms with E-state index < -0.39 is 0 Å². The van der Waals surface area contributed by atoms with Crippen molar-refractivity contribution in [3.05, 3.63) is 68.5 Å². The predicted molar refractivity (Wildman–Crippen MR) is 107 cm³/mol. The molecule has 2 heterocycles. The van der Waals surface area contributed by atoms with Crippen molar-refractivity contribution in [3.8, 4) is 0 Å². The first-order chi connectivity index (χ1) is 11.7. The Morgan fingerprint density at radius 2 is 1.33 bits per heavy atom. The van der Waals surface area contributed by atoms with Crippen molar-refractivity contribution < 1.29 is 0 Å². The van der Waals surface area contributed by atoms with Gasteiger partial charge in [0.25, 0.3) is 5.56 Å². The van der Waals surface area contributed by atoms with Crippen molar-refractivity contribution in [1.29, 1.82) is 0 Å². The molecular formula is C20H36N2O2. The quantitative estimate of drug-likeness (QED) is 0.814. The third kappa shape index (κ3) is 12.4. The summed E-state index contributed by atoms with van der Waals surface area (Å²) in [6.07, 6.45) is 6.62. The smallest absolute Gasteiger partial charge is 0.251 e. The van der Waals surface area contributed by atoms with E-state index in [0.29, 0.717) is 0 Å². The van der Waals surface area contributed by atoms with Crippen molar-refractivity contribution in [2.24, 2.45) is 0 Å². The van der Waals surface area contributed by atoms with Gasteiger partial charge in [0, 0.05) is 35.8 Å². The molecule has 0 spiro atoms. The normalized spacial score (nSPS) is 7.83. The van der Waals surface area contributed by atoms with Gasteiger partial charge >= 0.3 is 0 Å². The second-order valence-corrected chi connectivity index (χ2v) is 3.77. The van der Waals surface area contributed by atoms with Crippen LogP contribution in [0.4, 0.5) is 0 Å². The van der Waals surface area contributed by atoms with Crippen LogP contribution in [0.1, 0.15) is 66.5 Å². The Labute approximate surface area is 147 Å². The summed E-state index contributed by atoms with van der Waals surface area (Å²) in [6, 6.07) is 5.21. The summed E-state index contributed by atoms with van der Waals surface area (Å²) in [5.41, 5.74) is 1.84. The zero-order valence-corrected chi connectivity index (χ0v) is 16.7. The molecule has 0 aromatic carbocycles. The van der Waals surface area contributed by atoms with Crippen LogP contribution in [0.2, 0.25) is 0 Å². The summed E-state index contributed by atoms with van der Waals surface area (Å²) in [6.45, 7) is 15.9. The highest BCUT2D eigenvalue weighted by Gasteiger charge is 1.90. The van der Waals surface area contributed by atoms with E-state index in [1.54, 1.807) is 24.7 Å². The fourth-order valence-electron chi connectivity index (χ4n) is 1.46. The molecule has 0 atom stereocenters. The molecule has 4 heteroatoms. The average Bonchev–Trinajstić information content (AvgIpc) is 2.68. The number of hydrogen-bond acceptors (Lipinski definition) is 2. The Bertz CT molecular complexity index is 533. The summed E-state index contributed by atoms with van der Waals surface area (Å²) in [5, 5.41) is 0. The lowest BCUT2D eigenvalue weighted by Gasteiger charge is -1.89. The Hall–Kier alpha value is -2.10. The van der Waals surface area contributed by atoms with E-state index in [1.165, 1.54) is 0 Å².